The van der Waals surface area contributed by atoms with Crippen molar-refractivity contribution in [2.45, 2.75) is 32.4 Å². The standard InChI is InChI=1S/C24H24F3N5O2/c1-14(11-21(26)27)30-23-22-20(34-19-8-5-16(28)12-18(19)25)9-10-29-24(22)32(31-23)13-15-3-6-17(33-2)7-4-15/h3-10,12,14,21H,11,13,28H2,1-2H3,(H,30,31). The van der Waals surface area contributed by atoms with E-state index in [1.54, 1.807) is 24.8 Å². The minimum absolute atomic E-state index is 0.0313. The molecule has 10 heteroatoms. The van der Waals surface area contributed by atoms with Crippen LogP contribution in [0.5, 0.6) is 17.2 Å². The number of nitrogens with one attached hydrogen (secondary N) is 1. The summed E-state index contributed by atoms with van der Waals surface area (Å²) in [7, 11) is 1.59. The van der Waals surface area contributed by atoms with Crippen LogP contribution < -0.4 is 20.5 Å². The Kier molecular flexibility index (Phi) is 6.76. The van der Waals surface area contributed by atoms with Crippen molar-refractivity contribution in [1.29, 1.82) is 0 Å². The summed E-state index contributed by atoms with van der Waals surface area (Å²) in [5.41, 5.74) is 7.27. The molecule has 4 rings (SSSR count). The maximum absolute atomic E-state index is 14.4. The number of aromatic nitrogens is 3. The van der Waals surface area contributed by atoms with Crippen LogP contribution in [0.2, 0.25) is 0 Å². The molecule has 0 saturated carbocycles. The van der Waals surface area contributed by atoms with E-state index in [0.29, 0.717) is 23.4 Å². The first-order chi connectivity index (χ1) is 16.3. The van der Waals surface area contributed by atoms with E-state index in [4.69, 9.17) is 15.2 Å². The van der Waals surface area contributed by atoms with E-state index < -0.39 is 18.3 Å². The number of nitrogen functional groups attached to an aromatic ring is 1. The summed E-state index contributed by atoms with van der Waals surface area (Å²) in [5.74, 6) is 0.654. The zero-order valence-corrected chi connectivity index (χ0v) is 18.6. The maximum Gasteiger partial charge on any atom is 0.240 e. The highest BCUT2D eigenvalue weighted by Gasteiger charge is 2.21. The van der Waals surface area contributed by atoms with Crippen LogP contribution in [-0.2, 0) is 6.54 Å². The van der Waals surface area contributed by atoms with E-state index in [1.807, 2.05) is 24.3 Å². The number of hydrogen-bond acceptors (Lipinski definition) is 6. The molecule has 2 heterocycles. The molecule has 0 aliphatic heterocycles. The summed E-state index contributed by atoms with van der Waals surface area (Å²) in [6.45, 7) is 2.00. The summed E-state index contributed by atoms with van der Waals surface area (Å²) >= 11 is 0. The molecule has 0 amide bonds. The molecule has 7 nitrogen and oxygen atoms in total. The Morgan fingerprint density at radius 3 is 2.53 bits per heavy atom. The van der Waals surface area contributed by atoms with Crippen molar-refractivity contribution in [3.05, 3.63) is 66.1 Å². The Hall–Kier alpha value is -3.95. The molecule has 1 atom stereocenters. The zero-order valence-electron chi connectivity index (χ0n) is 18.6. The van der Waals surface area contributed by atoms with Crippen molar-refractivity contribution in [2.75, 3.05) is 18.2 Å². The van der Waals surface area contributed by atoms with Gasteiger partial charge in [0.1, 0.15) is 16.9 Å². The third-order valence-corrected chi connectivity index (χ3v) is 5.18. The van der Waals surface area contributed by atoms with Gasteiger partial charge in [-0.2, -0.15) is 5.10 Å². The van der Waals surface area contributed by atoms with E-state index in [1.165, 1.54) is 18.3 Å². The van der Waals surface area contributed by atoms with Gasteiger partial charge in [0.2, 0.25) is 6.43 Å². The molecule has 0 aliphatic rings. The second kappa shape index (κ2) is 9.90. The average molecular weight is 471 g/mol. The summed E-state index contributed by atoms with van der Waals surface area (Å²) in [4.78, 5) is 4.43. The molecule has 2 aromatic carbocycles. The highest BCUT2D eigenvalue weighted by Crippen LogP contribution is 2.36. The summed E-state index contributed by atoms with van der Waals surface area (Å²) in [6.07, 6.45) is -1.32. The van der Waals surface area contributed by atoms with E-state index >= 15 is 0 Å². The number of fused-ring (bicyclic) bond motifs is 1. The van der Waals surface area contributed by atoms with Gasteiger partial charge in [-0.1, -0.05) is 12.1 Å². The Morgan fingerprint density at radius 2 is 1.85 bits per heavy atom. The fraction of sp³-hybridized carbons (Fsp3) is 0.250. The number of nitrogens with two attached hydrogens (primary N) is 1. The van der Waals surface area contributed by atoms with E-state index in [0.717, 1.165) is 17.4 Å². The number of benzene rings is 2. The van der Waals surface area contributed by atoms with Gasteiger partial charge in [-0.15, -0.1) is 0 Å². The quantitative estimate of drug-likeness (QED) is 0.315. The molecule has 178 valence electrons. The van der Waals surface area contributed by atoms with Gasteiger partial charge in [0.15, 0.2) is 23.0 Å². The number of pyridine rings is 1. The van der Waals surface area contributed by atoms with Gasteiger partial charge < -0.3 is 20.5 Å². The number of hydrogen-bond donors (Lipinski definition) is 2. The van der Waals surface area contributed by atoms with Gasteiger partial charge in [-0.05, 0) is 36.8 Å². The van der Waals surface area contributed by atoms with E-state index in [-0.39, 0.29) is 23.6 Å². The van der Waals surface area contributed by atoms with Crippen LogP contribution in [0, 0.1) is 5.82 Å². The van der Waals surface area contributed by atoms with E-state index in [9.17, 15) is 13.2 Å². The third-order valence-electron chi connectivity index (χ3n) is 5.18. The maximum atomic E-state index is 14.4. The van der Waals surface area contributed by atoms with Crippen molar-refractivity contribution in [3.8, 4) is 17.2 Å². The molecule has 0 aliphatic carbocycles. The third kappa shape index (κ3) is 5.16. The van der Waals surface area contributed by atoms with Crippen LogP contribution in [0.4, 0.5) is 24.7 Å². The molecule has 0 fully saturated rings. The highest BCUT2D eigenvalue weighted by atomic mass is 19.3. The number of halogens is 3. The second-order valence-electron chi connectivity index (χ2n) is 7.83. The molecule has 34 heavy (non-hydrogen) atoms. The van der Waals surface area contributed by atoms with Gasteiger partial charge in [-0.3, -0.25) is 0 Å². The number of anilines is 2. The summed E-state index contributed by atoms with van der Waals surface area (Å²) in [6, 6.07) is 12.5. The predicted molar refractivity (Wildman–Crippen MR) is 124 cm³/mol. The van der Waals surface area contributed by atoms with Crippen molar-refractivity contribution in [3.63, 3.8) is 0 Å². The highest BCUT2D eigenvalue weighted by molar-refractivity contribution is 5.93. The monoisotopic (exact) mass is 471 g/mol. The van der Waals surface area contributed by atoms with Gasteiger partial charge >= 0.3 is 0 Å². The number of methoxy groups -OCH3 is 1. The minimum Gasteiger partial charge on any atom is -0.497 e. The van der Waals surface area contributed by atoms with E-state index in [2.05, 4.69) is 15.4 Å². The molecule has 0 saturated heterocycles. The molecule has 2 aromatic heterocycles. The molecular formula is C24H24F3N5O2. The first kappa shape index (κ1) is 23.2. The topological polar surface area (TPSA) is 87.2 Å². The van der Waals surface area contributed by atoms with Crippen molar-refractivity contribution < 1.29 is 22.6 Å². The lowest BCUT2D eigenvalue weighted by Gasteiger charge is -2.14. The Bertz CT molecular complexity index is 1280. The van der Waals surface area contributed by atoms with Crippen LogP contribution >= 0.6 is 0 Å². The first-order valence-corrected chi connectivity index (χ1v) is 10.6. The second-order valence-corrected chi connectivity index (χ2v) is 7.83. The molecule has 4 aromatic rings. The van der Waals surface area contributed by atoms with Crippen molar-refractivity contribution in [2.24, 2.45) is 0 Å². The largest absolute Gasteiger partial charge is 0.497 e. The number of ether oxygens (including phenoxy) is 2. The number of alkyl halides is 2. The number of nitrogens with zero attached hydrogens (tertiary/aromatic N) is 3. The predicted octanol–water partition coefficient (Wildman–Crippen LogP) is 5.46. The molecule has 1 unspecified atom stereocenters. The van der Waals surface area contributed by atoms with Gasteiger partial charge in [-0.25, -0.2) is 22.8 Å². The van der Waals surface area contributed by atoms with Crippen LogP contribution in [0.25, 0.3) is 11.0 Å². The summed E-state index contributed by atoms with van der Waals surface area (Å²) in [5, 5.41) is 8.06. The number of rotatable bonds is 9. The van der Waals surface area contributed by atoms with Gasteiger partial charge in [0.05, 0.1) is 13.7 Å². The normalized spacial score (nSPS) is 12.2. The fourth-order valence-electron chi connectivity index (χ4n) is 3.55. The molecular weight excluding hydrogens is 447 g/mol. The Labute approximate surface area is 194 Å². The Balaban J connectivity index is 1.75. The van der Waals surface area contributed by atoms with Crippen LogP contribution in [-0.4, -0.2) is 34.3 Å². The molecule has 0 radical (unpaired) electrons. The Morgan fingerprint density at radius 1 is 1.09 bits per heavy atom. The van der Waals surface area contributed by atoms with Crippen LogP contribution in [0.1, 0.15) is 18.9 Å². The summed E-state index contributed by atoms with van der Waals surface area (Å²) < 4.78 is 52.9. The van der Waals surface area contributed by atoms with Gasteiger partial charge in [0.25, 0.3) is 0 Å². The average Bonchev–Trinajstić information content (AvgIpc) is 3.13. The molecule has 0 bridgehead atoms. The SMILES string of the molecule is COc1ccc(Cn2nc(NC(C)CC(F)F)c3c(Oc4ccc(N)cc4F)ccnc32)cc1. The lowest BCUT2D eigenvalue weighted by molar-refractivity contribution is 0.133. The fourth-order valence-corrected chi connectivity index (χ4v) is 3.55. The van der Waals surface area contributed by atoms with Crippen molar-refractivity contribution in [1.82, 2.24) is 14.8 Å². The zero-order chi connectivity index (χ0) is 24.2. The molecule has 3 N–H and O–H groups in total. The first-order valence-electron chi connectivity index (χ1n) is 10.6. The van der Waals surface area contributed by atoms with Gasteiger partial charge in [0, 0.05) is 36.5 Å². The van der Waals surface area contributed by atoms with Crippen molar-refractivity contribution >= 4 is 22.5 Å². The minimum atomic E-state index is -2.48. The van der Waals surface area contributed by atoms with Crippen LogP contribution in [0.15, 0.2) is 54.7 Å². The smallest absolute Gasteiger partial charge is 0.240 e. The van der Waals surface area contributed by atoms with Crippen LogP contribution in [0.3, 0.4) is 0 Å². The lowest BCUT2D eigenvalue weighted by atomic mass is 10.2. The molecule has 0 spiro atoms. The lowest BCUT2D eigenvalue weighted by Crippen LogP contribution is -2.19.